The van der Waals surface area contributed by atoms with E-state index >= 15 is 0 Å². The largest absolute Gasteiger partial charge is 0.493 e. The van der Waals surface area contributed by atoms with Crippen molar-refractivity contribution in [2.45, 2.75) is 56.1 Å². The normalized spacial score (nSPS) is 22.4. The van der Waals surface area contributed by atoms with Crippen molar-refractivity contribution < 1.29 is 67.6 Å². The highest BCUT2D eigenvalue weighted by molar-refractivity contribution is 5.82. The quantitative estimate of drug-likeness (QED) is 0.112. The van der Waals surface area contributed by atoms with Crippen LogP contribution in [-0.2, 0) is 19.1 Å². The highest BCUT2D eigenvalue weighted by Crippen LogP contribution is 2.36. The van der Waals surface area contributed by atoms with E-state index in [0.717, 1.165) is 6.92 Å². The van der Waals surface area contributed by atoms with E-state index in [-0.39, 0.29) is 34.2 Å². The lowest BCUT2D eigenvalue weighted by atomic mass is 9.98. The van der Waals surface area contributed by atoms with Gasteiger partial charge in [0, 0.05) is 29.0 Å². The molecule has 16 heteroatoms. The molecule has 0 radical (unpaired) electrons. The third-order valence-electron chi connectivity index (χ3n) is 7.19. The minimum atomic E-state index is -1.90. The van der Waals surface area contributed by atoms with Gasteiger partial charge >= 0.3 is 23.2 Å². The predicted molar refractivity (Wildman–Crippen MR) is 157 cm³/mol. The number of aliphatic carboxylic acids is 1. The van der Waals surface area contributed by atoms with Crippen LogP contribution in [0.4, 0.5) is 0 Å². The fourth-order valence-electron chi connectivity index (χ4n) is 4.86. The van der Waals surface area contributed by atoms with Gasteiger partial charge in [0.2, 0.25) is 12.0 Å². The predicted octanol–water partition coefficient (Wildman–Crippen LogP) is 1.05. The maximum absolute atomic E-state index is 12.8. The smallest absolute Gasteiger partial charge is 0.379 e. The molecule has 1 fully saturated rings. The number of aliphatic hydroxyl groups is 4. The Morgan fingerprint density at radius 2 is 1.55 bits per heavy atom. The van der Waals surface area contributed by atoms with E-state index in [0.29, 0.717) is 10.8 Å². The number of carbonyl (C=O) groups excluding carboxylic acids is 1. The zero-order chi connectivity index (χ0) is 34.0. The first-order valence-electron chi connectivity index (χ1n) is 14.1. The fourth-order valence-corrected chi connectivity index (χ4v) is 4.86. The molecule has 2 aromatic carbocycles. The summed E-state index contributed by atoms with van der Waals surface area (Å²) >= 11 is 0. The summed E-state index contributed by atoms with van der Waals surface area (Å²) in [5, 5.41) is 51.3. The molecule has 0 saturated carbocycles. The number of rotatable bonds is 11. The summed E-state index contributed by atoms with van der Waals surface area (Å²) < 4.78 is 38.0. The van der Waals surface area contributed by atoms with Gasteiger partial charge in [0.25, 0.3) is 0 Å². The standard InChI is InChI=1S/C31H30O16/c1-31(40,11-23(32)33)12-25(35)42-13-22-26(36)27(37)28(38)30(47-22)46-20-10-18-15(7-19(20)41-2)8-21(29(39)45-18)43-16-5-3-14-4-6-24(34)44-17(14)9-16/h3-10,22,26-28,30,36-38,40H,11-13H2,1-2H3,(H,32,33)/t22-,26-,27+,28-,30-,31+/m0/s1. The van der Waals surface area contributed by atoms with Crippen molar-refractivity contribution >= 4 is 33.9 Å². The van der Waals surface area contributed by atoms with Crippen LogP contribution in [-0.4, -0.2) is 87.5 Å². The van der Waals surface area contributed by atoms with Crippen LogP contribution in [0.3, 0.4) is 0 Å². The number of hydrogen-bond acceptors (Lipinski definition) is 15. The number of carboxylic acids is 1. The number of fused-ring (bicyclic) bond motifs is 2. The summed E-state index contributed by atoms with van der Waals surface area (Å²) in [7, 11) is 1.31. The average molecular weight is 659 g/mol. The molecule has 47 heavy (non-hydrogen) atoms. The van der Waals surface area contributed by atoms with Crippen LogP contribution in [0, 0.1) is 0 Å². The zero-order valence-electron chi connectivity index (χ0n) is 24.9. The molecule has 0 amide bonds. The second-order valence-corrected chi connectivity index (χ2v) is 11.1. The number of esters is 1. The highest BCUT2D eigenvalue weighted by atomic mass is 16.7. The Kier molecular flexibility index (Phi) is 9.50. The highest BCUT2D eigenvalue weighted by Gasteiger charge is 2.46. The number of benzene rings is 2. The maximum Gasteiger partial charge on any atom is 0.379 e. The molecule has 0 bridgehead atoms. The van der Waals surface area contributed by atoms with Gasteiger partial charge in [-0.05, 0) is 37.3 Å². The molecular formula is C31H30O16. The molecule has 0 unspecified atom stereocenters. The molecule has 3 heterocycles. The second kappa shape index (κ2) is 13.4. The van der Waals surface area contributed by atoms with Crippen molar-refractivity contribution in [3.8, 4) is 23.0 Å². The lowest BCUT2D eigenvalue weighted by Crippen LogP contribution is -2.60. The summed E-state index contributed by atoms with van der Waals surface area (Å²) in [6.07, 6.45) is -9.83. The van der Waals surface area contributed by atoms with E-state index < -0.39 is 78.9 Å². The molecule has 6 atom stereocenters. The van der Waals surface area contributed by atoms with E-state index in [1.54, 1.807) is 18.2 Å². The van der Waals surface area contributed by atoms with Crippen LogP contribution in [0.25, 0.3) is 21.9 Å². The Hall–Kier alpha value is -5.00. The minimum absolute atomic E-state index is 0.00688. The first-order valence-corrected chi connectivity index (χ1v) is 14.1. The molecule has 0 aliphatic carbocycles. The molecule has 16 nitrogen and oxygen atoms in total. The molecule has 1 aliphatic heterocycles. The number of carboxylic acid groups (broad SMARTS) is 1. The Morgan fingerprint density at radius 3 is 2.28 bits per heavy atom. The van der Waals surface area contributed by atoms with Crippen molar-refractivity contribution in [1.29, 1.82) is 0 Å². The molecule has 5 N–H and O–H groups in total. The van der Waals surface area contributed by atoms with Crippen molar-refractivity contribution in [3.63, 3.8) is 0 Å². The number of methoxy groups -OCH3 is 1. The third-order valence-corrected chi connectivity index (χ3v) is 7.19. The van der Waals surface area contributed by atoms with Crippen molar-refractivity contribution in [3.05, 3.63) is 69.4 Å². The van der Waals surface area contributed by atoms with Crippen LogP contribution >= 0.6 is 0 Å². The lowest BCUT2D eigenvalue weighted by Gasteiger charge is -2.40. The Balaban J connectivity index is 1.33. The molecule has 2 aromatic heterocycles. The van der Waals surface area contributed by atoms with Gasteiger partial charge in [-0.15, -0.1) is 0 Å². The van der Waals surface area contributed by atoms with Gasteiger partial charge in [0.1, 0.15) is 47.9 Å². The van der Waals surface area contributed by atoms with E-state index in [1.807, 2.05) is 0 Å². The summed E-state index contributed by atoms with van der Waals surface area (Å²) in [5.74, 6) is -2.37. The van der Waals surface area contributed by atoms with Crippen LogP contribution in [0.5, 0.6) is 23.0 Å². The molecule has 250 valence electrons. The molecule has 5 rings (SSSR count). The Morgan fingerprint density at radius 1 is 0.851 bits per heavy atom. The van der Waals surface area contributed by atoms with Gasteiger partial charge in [0.15, 0.2) is 11.5 Å². The number of aliphatic hydroxyl groups excluding tert-OH is 3. The van der Waals surface area contributed by atoms with E-state index in [1.165, 1.54) is 37.4 Å². The van der Waals surface area contributed by atoms with Crippen molar-refractivity contribution in [1.82, 2.24) is 0 Å². The van der Waals surface area contributed by atoms with E-state index in [9.17, 15) is 39.6 Å². The maximum atomic E-state index is 12.8. The Labute approximate surface area is 263 Å². The first-order chi connectivity index (χ1) is 22.2. The van der Waals surface area contributed by atoms with Crippen LogP contribution in [0.15, 0.2) is 67.0 Å². The third kappa shape index (κ3) is 7.70. The van der Waals surface area contributed by atoms with Gasteiger partial charge < -0.3 is 58.1 Å². The van der Waals surface area contributed by atoms with Crippen molar-refractivity contribution in [2.24, 2.45) is 0 Å². The monoisotopic (exact) mass is 658 g/mol. The first kappa shape index (κ1) is 33.4. The van der Waals surface area contributed by atoms with Gasteiger partial charge in [-0.25, -0.2) is 9.59 Å². The zero-order valence-corrected chi connectivity index (χ0v) is 24.9. The van der Waals surface area contributed by atoms with E-state index in [4.69, 9.17) is 37.6 Å². The summed E-state index contributed by atoms with van der Waals surface area (Å²) in [6.45, 7) is 0.487. The summed E-state index contributed by atoms with van der Waals surface area (Å²) in [5.41, 5.74) is -3.08. The molecular weight excluding hydrogens is 628 g/mol. The van der Waals surface area contributed by atoms with Crippen LogP contribution in [0.2, 0.25) is 0 Å². The molecule has 1 saturated heterocycles. The molecule has 4 aromatic rings. The topological polar surface area (TPSA) is 242 Å². The van der Waals surface area contributed by atoms with Crippen LogP contribution < -0.4 is 25.5 Å². The molecule has 1 aliphatic rings. The minimum Gasteiger partial charge on any atom is -0.493 e. The van der Waals surface area contributed by atoms with Gasteiger partial charge in [-0.2, -0.15) is 0 Å². The lowest BCUT2D eigenvalue weighted by molar-refractivity contribution is -0.278. The van der Waals surface area contributed by atoms with Crippen LogP contribution in [0.1, 0.15) is 19.8 Å². The summed E-state index contributed by atoms with van der Waals surface area (Å²) in [4.78, 5) is 47.5. The van der Waals surface area contributed by atoms with E-state index in [2.05, 4.69) is 0 Å². The fraction of sp³-hybridized carbons (Fsp3) is 0.355. The van der Waals surface area contributed by atoms with Gasteiger partial charge in [-0.3, -0.25) is 9.59 Å². The number of ether oxygens (including phenoxy) is 5. The summed E-state index contributed by atoms with van der Waals surface area (Å²) in [6, 6.07) is 11.6. The van der Waals surface area contributed by atoms with Gasteiger partial charge in [-0.1, -0.05) is 0 Å². The number of carbonyl (C=O) groups is 2. The Bertz CT molecular complexity index is 1910. The SMILES string of the molecule is COc1cc2cc(Oc3ccc4ccc(=O)oc4c3)c(=O)oc2cc1O[C@H]1O[C@@H](COC(=O)C[C@](C)(O)CC(=O)O)[C@H](O)[C@@H](O)[C@@H]1O. The average Bonchev–Trinajstić information content (AvgIpc) is 2.99. The second-order valence-electron chi connectivity index (χ2n) is 11.1. The van der Waals surface area contributed by atoms with Gasteiger partial charge in [0.05, 0.1) is 25.6 Å². The molecule has 0 spiro atoms. The number of hydrogen-bond donors (Lipinski definition) is 5. The van der Waals surface area contributed by atoms with Crippen molar-refractivity contribution in [2.75, 3.05) is 13.7 Å².